The van der Waals surface area contributed by atoms with Gasteiger partial charge in [-0.3, -0.25) is 28.9 Å². The summed E-state index contributed by atoms with van der Waals surface area (Å²) in [6.45, 7) is -0.465. The minimum absolute atomic E-state index is 0.0522. The Morgan fingerprint density at radius 1 is 0.922 bits per heavy atom. The molecule has 0 aromatic heterocycles. The number of aromatic hydroxyl groups is 1. The highest BCUT2D eigenvalue weighted by Gasteiger charge is 2.76. The third-order valence-electron chi connectivity index (χ3n) is 9.90. The van der Waals surface area contributed by atoms with Gasteiger partial charge in [-0.1, -0.05) is 23.8 Å². The van der Waals surface area contributed by atoms with Crippen molar-refractivity contribution in [2.45, 2.75) is 29.0 Å². The monoisotopic (exact) mass is 758 g/mol. The van der Waals surface area contributed by atoms with Crippen LogP contribution in [0.5, 0.6) is 17.2 Å². The van der Waals surface area contributed by atoms with Gasteiger partial charge in [0.2, 0.25) is 23.4 Å². The van der Waals surface area contributed by atoms with Crippen LogP contribution in [0.3, 0.4) is 0 Å². The molecule has 11 nitrogen and oxygen atoms in total. The van der Waals surface area contributed by atoms with E-state index in [1.165, 1.54) is 44.6 Å². The Hall–Kier alpha value is -4.70. The number of allylic oxidation sites excluding steroid dienone is 3. The number of halogens is 7. The molecule has 0 bridgehead atoms. The van der Waals surface area contributed by atoms with Crippen LogP contribution in [0.15, 0.2) is 29.9 Å². The molecule has 6 atom stereocenters. The van der Waals surface area contributed by atoms with E-state index in [4.69, 9.17) is 37.8 Å². The lowest BCUT2D eigenvalue weighted by Gasteiger charge is -2.49. The zero-order valence-electron chi connectivity index (χ0n) is 26.3. The number of fused-ring (bicyclic) bond motifs is 4. The van der Waals surface area contributed by atoms with Crippen LogP contribution in [0.25, 0.3) is 6.08 Å². The van der Waals surface area contributed by atoms with Gasteiger partial charge in [0, 0.05) is 12.5 Å². The van der Waals surface area contributed by atoms with Gasteiger partial charge in [0.1, 0.15) is 5.69 Å². The fraction of sp³-hybridized carbons (Fsp3) is 0.364. The summed E-state index contributed by atoms with van der Waals surface area (Å²) in [5.41, 5.74) is -1.47. The maximum atomic E-state index is 15.2. The van der Waals surface area contributed by atoms with Gasteiger partial charge in [-0.2, -0.15) is 0 Å². The largest absolute Gasteiger partial charge is 0.502 e. The number of anilines is 1. The van der Waals surface area contributed by atoms with E-state index in [0.717, 1.165) is 4.90 Å². The molecule has 0 radical (unpaired) electrons. The van der Waals surface area contributed by atoms with E-state index in [0.29, 0.717) is 0 Å². The van der Waals surface area contributed by atoms with E-state index in [1.54, 1.807) is 0 Å². The Labute approximate surface area is 294 Å². The molecular formula is C33H25Cl2F5N2O9. The first-order chi connectivity index (χ1) is 24.0. The van der Waals surface area contributed by atoms with Crippen LogP contribution >= 0.6 is 23.2 Å². The zero-order chi connectivity index (χ0) is 37.5. The molecular weight excluding hydrogens is 734 g/mol. The summed E-state index contributed by atoms with van der Waals surface area (Å²) < 4.78 is 83.4. The number of ether oxygens (including phenoxy) is 2. The zero-order valence-corrected chi connectivity index (χ0v) is 27.8. The number of carboxylic acid groups (broad SMARTS) is 1. The predicted molar refractivity (Wildman–Crippen MR) is 166 cm³/mol. The van der Waals surface area contributed by atoms with Crippen LogP contribution in [0.1, 0.15) is 24.8 Å². The number of aliphatic carboxylic acids is 1. The number of hydrogen-bond acceptors (Lipinski definition) is 8. The minimum Gasteiger partial charge on any atom is -0.502 e. The summed E-state index contributed by atoms with van der Waals surface area (Å²) in [7, 11) is 2.51. The molecule has 0 unspecified atom stereocenters. The number of phenols is 1. The molecule has 2 saturated heterocycles. The molecule has 4 amide bonds. The van der Waals surface area contributed by atoms with Crippen LogP contribution in [-0.4, -0.2) is 75.2 Å². The number of likely N-dealkylation sites (tertiary alicyclic amines) is 1. The van der Waals surface area contributed by atoms with Crippen LogP contribution in [0.2, 0.25) is 0 Å². The van der Waals surface area contributed by atoms with Crippen LogP contribution < -0.4 is 14.4 Å². The standard InChI is InChI=1S/C33H25Cl2F5N2O9/c1-50-17-9-12(10-18(51-2)27(17)45)3-6-16-13-4-5-14-20(29(47)41(28(14)46)8-7-19(43)44)15(13)11-32(34)30(48)42(31(49)33(16,32)35)26-24(39)22(37)21(36)23(38)25(26)40/h3-4,6,9-10,14-16,20,45H,5,7-8,11H2,1-2H3,(H,43,44)/t14-,15+,16-,20-,32+,33-/m0/s1. The summed E-state index contributed by atoms with van der Waals surface area (Å²) in [4.78, 5) is 61.8. The highest BCUT2D eigenvalue weighted by atomic mass is 35.5. The lowest BCUT2D eigenvalue weighted by molar-refractivity contribution is -0.142. The van der Waals surface area contributed by atoms with Gasteiger partial charge in [-0.15, -0.1) is 23.2 Å². The van der Waals surface area contributed by atoms with Crippen LogP contribution in [0, 0.1) is 52.8 Å². The van der Waals surface area contributed by atoms with Crippen molar-refractivity contribution in [3.63, 3.8) is 0 Å². The van der Waals surface area contributed by atoms with Crippen molar-refractivity contribution < 1.29 is 65.6 Å². The number of amides is 4. The van der Waals surface area contributed by atoms with Crippen molar-refractivity contribution in [2.24, 2.45) is 23.7 Å². The Morgan fingerprint density at radius 2 is 1.49 bits per heavy atom. The number of rotatable bonds is 8. The number of imide groups is 2. The van der Waals surface area contributed by atoms with E-state index in [1.807, 2.05) is 0 Å². The summed E-state index contributed by atoms with van der Waals surface area (Å²) in [5.74, 6) is -24.0. The average molecular weight is 759 g/mol. The van der Waals surface area contributed by atoms with Gasteiger partial charge in [0.05, 0.1) is 32.5 Å². The van der Waals surface area contributed by atoms with Crippen LogP contribution in [0.4, 0.5) is 27.6 Å². The van der Waals surface area contributed by atoms with E-state index >= 15 is 8.78 Å². The van der Waals surface area contributed by atoms with Crippen molar-refractivity contribution in [3.05, 3.63) is 64.5 Å². The van der Waals surface area contributed by atoms with Gasteiger partial charge < -0.3 is 19.7 Å². The van der Waals surface area contributed by atoms with Gasteiger partial charge >= 0.3 is 5.97 Å². The number of methoxy groups -OCH3 is 2. The van der Waals surface area contributed by atoms with E-state index in [-0.39, 0.29) is 39.7 Å². The summed E-state index contributed by atoms with van der Waals surface area (Å²) in [6, 6.07) is 2.69. The highest BCUT2D eigenvalue weighted by molar-refractivity contribution is 6.58. The Bertz CT molecular complexity index is 1960. The molecule has 1 saturated carbocycles. The number of nitrogens with zero attached hydrogens (tertiary/aromatic N) is 2. The molecule has 3 fully saturated rings. The molecule has 2 heterocycles. The second-order valence-corrected chi connectivity index (χ2v) is 13.6. The molecule has 2 aliphatic carbocycles. The molecule has 2 aromatic carbocycles. The number of hydrogen-bond donors (Lipinski definition) is 2. The van der Waals surface area contributed by atoms with Gasteiger partial charge in [-0.25, -0.2) is 26.9 Å². The first-order valence-electron chi connectivity index (χ1n) is 15.1. The molecule has 270 valence electrons. The Kier molecular flexibility index (Phi) is 8.86. The molecule has 18 heteroatoms. The van der Waals surface area contributed by atoms with Crippen molar-refractivity contribution in [3.8, 4) is 17.2 Å². The van der Waals surface area contributed by atoms with Crippen LogP contribution in [-0.2, 0) is 24.0 Å². The van der Waals surface area contributed by atoms with Gasteiger partial charge in [0.25, 0.3) is 11.8 Å². The molecule has 4 aliphatic rings. The van der Waals surface area contributed by atoms with E-state index in [2.05, 4.69) is 0 Å². The maximum absolute atomic E-state index is 15.2. The molecule has 2 aromatic rings. The van der Waals surface area contributed by atoms with E-state index < -0.39 is 117 Å². The lowest BCUT2D eigenvalue weighted by Crippen LogP contribution is -2.60. The average Bonchev–Trinajstić information content (AvgIpc) is 3.43. The second kappa shape index (κ2) is 12.5. The summed E-state index contributed by atoms with van der Waals surface area (Å²) in [6.07, 6.45) is 2.71. The summed E-state index contributed by atoms with van der Waals surface area (Å²) in [5, 5.41) is 19.5. The quantitative estimate of drug-likeness (QED) is 0.0977. The normalized spacial score (nSPS) is 28.6. The molecule has 51 heavy (non-hydrogen) atoms. The number of carbonyl (C=O) groups is 5. The Morgan fingerprint density at radius 3 is 2.04 bits per heavy atom. The lowest BCUT2D eigenvalue weighted by atomic mass is 9.57. The SMILES string of the molecule is COc1cc(C=C[C@H]2C3=CC[C@@H]4C(=O)N(CCC(=O)O)C(=O)[C@@H]4[C@@H]3C[C@@]3(Cl)C(=O)N(c4c(F)c(F)c(F)c(F)c4F)C(=O)[C@@]23Cl)cc(OC)c1O. The highest BCUT2D eigenvalue weighted by Crippen LogP contribution is 2.64. The second-order valence-electron chi connectivity index (χ2n) is 12.3. The number of alkyl halides is 2. The molecule has 2 aliphatic heterocycles. The first kappa shape index (κ1) is 36.1. The van der Waals surface area contributed by atoms with Crippen molar-refractivity contribution in [1.82, 2.24) is 4.90 Å². The topological polar surface area (TPSA) is 151 Å². The van der Waals surface area contributed by atoms with E-state index in [9.17, 15) is 42.3 Å². The first-order valence-corrected chi connectivity index (χ1v) is 15.9. The van der Waals surface area contributed by atoms with Gasteiger partial charge in [-0.05, 0) is 36.5 Å². The fourth-order valence-corrected chi connectivity index (χ4v) is 8.42. The minimum atomic E-state index is -2.72. The predicted octanol–water partition coefficient (Wildman–Crippen LogP) is 4.69. The van der Waals surface area contributed by atoms with Crippen molar-refractivity contribution in [2.75, 3.05) is 25.7 Å². The number of carbonyl (C=O) groups excluding carboxylic acids is 4. The summed E-state index contributed by atoms with van der Waals surface area (Å²) >= 11 is 14.0. The number of benzene rings is 2. The third kappa shape index (κ3) is 5.00. The smallest absolute Gasteiger partial charge is 0.305 e. The van der Waals surface area contributed by atoms with Gasteiger partial charge in [0.15, 0.2) is 44.5 Å². The molecule has 6 rings (SSSR count). The Balaban J connectivity index is 1.54. The number of carboxylic acids is 1. The third-order valence-corrected chi connectivity index (χ3v) is 11.3. The fourth-order valence-electron chi connectivity index (χ4n) is 7.53. The molecule has 2 N–H and O–H groups in total. The molecule has 0 spiro atoms. The number of phenolic OH excluding ortho intramolecular Hbond substituents is 1. The van der Waals surface area contributed by atoms with Crippen molar-refractivity contribution >= 4 is 64.6 Å². The van der Waals surface area contributed by atoms with Crippen molar-refractivity contribution in [1.29, 1.82) is 0 Å². The maximum Gasteiger partial charge on any atom is 0.305 e.